The molecule has 0 aliphatic rings. The molecule has 0 aromatic heterocycles. The average Bonchev–Trinajstić information content (AvgIpc) is 2.14. The highest BCUT2D eigenvalue weighted by Crippen LogP contribution is 2.06. The van der Waals surface area contributed by atoms with E-state index in [1.807, 2.05) is 6.92 Å². The summed E-state index contributed by atoms with van der Waals surface area (Å²) in [6.45, 7) is 7.11. The van der Waals surface area contributed by atoms with E-state index in [2.05, 4.69) is 10.1 Å². The topological polar surface area (TPSA) is 81.7 Å². The summed E-state index contributed by atoms with van der Waals surface area (Å²) in [4.78, 5) is 33.4. The molecule has 1 N–H and O–H groups in total. The lowest BCUT2D eigenvalue weighted by Gasteiger charge is -2.19. The largest absolute Gasteiger partial charge is 0.444 e. The van der Waals surface area contributed by atoms with Gasteiger partial charge in [0.15, 0.2) is 0 Å². The van der Waals surface area contributed by atoms with Crippen molar-refractivity contribution in [2.75, 3.05) is 6.54 Å². The van der Waals surface area contributed by atoms with Gasteiger partial charge >= 0.3 is 18.0 Å². The van der Waals surface area contributed by atoms with Gasteiger partial charge in [0.1, 0.15) is 5.60 Å². The molecule has 104 valence electrons. The Morgan fingerprint density at radius 2 is 1.61 bits per heavy atom. The minimum atomic E-state index is -0.649. The van der Waals surface area contributed by atoms with Crippen LogP contribution < -0.4 is 5.32 Å². The fourth-order valence-electron chi connectivity index (χ4n) is 1.01. The first-order chi connectivity index (χ1) is 8.24. The van der Waals surface area contributed by atoms with E-state index in [9.17, 15) is 14.4 Å². The van der Waals surface area contributed by atoms with Gasteiger partial charge in [-0.3, -0.25) is 9.59 Å². The number of hydrogen-bond acceptors (Lipinski definition) is 5. The maximum absolute atomic E-state index is 11.2. The molecule has 6 heteroatoms. The normalized spacial score (nSPS) is 10.7. The van der Waals surface area contributed by atoms with E-state index < -0.39 is 23.6 Å². The van der Waals surface area contributed by atoms with Crippen LogP contribution in [0.3, 0.4) is 0 Å². The smallest absolute Gasteiger partial charge is 0.407 e. The van der Waals surface area contributed by atoms with Crippen LogP contribution >= 0.6 is 0 Å². The van der Waals surface area contributed by atoms with Crippen molar-refractivity contribution in [3.8, 4) is 0 Å². The number of ether oxygens (including phenoxy) is 2. The fourth-order valence-corrected chi connectivity index (χ4v) is 1.01. The van der Waals surface area contributed by atoms with Crippen molar-refractivity contribution in [2.24, 2.45) is 0 Å². The highest BCUT2D eigenvalue weighted by Gasteiger charge is 2.16. The van der Waals surface area contributed by atoms with Gasteiger partial charge in [0.25, 0.3) is 0 Å². The standard InChI is InChI=1S/C12H21NO5/c1-5-6-9(14)17-10(15)7-8-13-11(16)18-12(2,3)4/h5-8H2,1-4H3,(H,13,16). The van der Waals surface area contributed by atoms with Gasteiger partial charge in [0.2, 0.25) is 0 Å². The van der Waals surface area contributed by atoms with Gasteiger partial charge in [-0.25, -0.2) is 4.79 Å². The monoisotopic (exact) mass is 259 g/mol. The second-order valence-corrected chi connectivity index (χ2v) is 4.77. The van der Waals surface area contributed by atoms with Crippen molar-refractivity contribution in [1.29, 1.82) is 0 Å². The van der Waals surface area contributed by atoms with E-state index in [1.165, 1.54) is 0 Å². The summed E-state index contributed by atoms with van der Waals surface area (Å²) in [7, 11) is 0. The van der Waals surface area contributed by atoms with Crippen molar-refractivity contribution in [3.63, 3.8) is 0 Å². The zero-order chi connectivity index (χ0) is 14.2. The fraction of sp³-hybridized carbons (Fsp3) is 0.750. The van der Waals surface area contributed by atoms with Crippen molar-refractivity contribution >= 4 is 18.0 Å². The molecule has 0 saturated carbocycles. The number of esters is 2. The molecule has 0 heterocycles. The highest BCUT2D eigenvalue weighted by molar-refractivity contribution is 5.85. The third-order valence-corrected chi connectivity index (χ3v) is 1.68. The van der Waals surface area contributed by atoms with Crippen LogP contribution in [0, 0.1) is 0 Å². The Morgan fingerprint density at radius 3 is 2.11 bits per heavy atom. The Hall–Kier alpha value is -1.59. The number of alkyl carbamates (subject to hydrolysis) is 1. The summed E-state index contributed by atoms with van der Waals surface area (Å²) >= 11 is 0. The summed E-state index contributed by atoms with van der Waals surface area (Å²) in [6.07, 6.45) is 0.178. The maximum atomic E-state index is 11.2. The van der Waals surface area contributed by atoms with Crippen molar-refractivity contribution in [1.82, 2.24) is 5.32 Å². The van der Waals surface area contributed by atoms with Crippen LogP contribution in [-0.2, 0) is 19.1 Å². The molecular weight excluding hydrogens is 238 g/mol. The molecule has 6 nitrogen and oxygen atoms in total. The van der Waals surface area contributed by atoms with Crippen LogP contribution in [0.2, 0.25) is 0 Å². The minimum absolute atomic E-state index is 0.0608. The zero-order valence-electron chi connectivity index (χ0n) is 11.4. The van der Waals surface area contributed by atoms with Gasteiger partial charge in [0, 0.05) is 13.0 Å². The van der Waals surface area contributed by atoms with E-state index in [0.29, 0.717) is 6.42 Å². The summed E-state index contributed by atoms with van der Waals surface area (Å²) in [5.41, 5.74) is -0.582. The Morgan fingerprint density at radius 1 is 1.06 bits per heavy atom. The predicted molar refractivity (Wildman–Crippen MR) is 64.9 cm³/mol. The number of hydrogen-bond donors (Lipinski definition) is 1. The summed E-state index contributed by atoms with van der Waals surface area (Å²) < 4.78 is 9.47. The van der Waals surface area contributed by atoms with Gasteiger partial charge in [-0.05, 0) is 27.2 Å². The van der Waals surface area contributed by atoms with Gasteiger partial charge in [-0.15, -0.1) is 0 Å². The number of carbonyl (C=O) groups is 3. The number of rotatable bonds is 5. The second kappa shape index (κ2) is 7.68. The highest BCUT2D eigenvalue weighted by atomic mass is 16.6. The molecule has 0 aliphatic heterocycles. The van der Waals surface area contributed by atoms with Crippen molar-refractivity contribution < 1.29 is 23.9 Å². The van der Waals surface area contributed by atoms with E-state index in [4.69, 9.17) is 4.74 Å². The molecule has 1 amide bonds. The van der Waals surface area contributed by atoms with E-state index in [0.717, 1.165) is 0 Å². The lowest BCUT2D eigenvalue weighted by molar-refractivity contribution is -0.159. The molecule has 0 saturated heterocycles. The van der Waals surface area contributed by atoms with E-state index >= 15 is 0 Å². The number of carbonyl (C=O) groups excluding carboxylic acids is 3. The molecule has 0 unspecified atom stereocenters. The van der Waals surface area contributed by atoms with E-state index in [1.54, 1.807) is 20.8 Å². The third-order valence-electron chi connectivity index (χ3n) is 1.68. The van der Waals surface area contributed by atoms with Crippen LogP contribution in [0.1, 0.15) is 47.0 Å². The third kappa shape index (κ3) is 9.62. The molecule has 0 rings (SSSR count). The van der Waals surface area contributed by atoms with Crippen molar-refractivity contribution in [3.05, 3.63) is 0 Å². The van der Waals surface area contributed by atoms with Crippen LogP contribution in [0.5, 0.6) is 0 Å². The van der Waals surface area contributed by atoms with Gasteiger partial charge < -0.3 is 14.8 Å². The number of amides is 1. The molecule has 0 aliphatic carbocycles. The van der Waals surface area contributed by atoms with Gasteiger partial charge in [-0.1, -0.05) is 6.92 Å². The molecule has 0 fully saturated rings. The SMILES string of the molecule is CCCC(=O)OC(=O)CCNC(=O)OC(C)(C)C. The maximum Gasteiger partial charge on any atom is 0.407 e. The van der Waals surface area contributed by atoms with Gasteiger partial charge in [0.05, 0.1) is 6.42 Å². The first kappa shape index (κ1) is 16.4. The second-order valence-electron chi connectivity index (χ2n) is 4.77. The van der Waals surface area contributed by atoms with Crippen LogP contribution in [0.4, 0.5) is 4.79 Å². The first-order valence-electron chi connectivity index (χ1n) is 5.95. The molecule has 0 atom stereocenters. The Labute approximate surface area is 107 Å². The Bertz CT molecular complexity index is 306. The summed E-state index contributed by atoms with van der Waals surface area (Å²) in [5.74, 6) is -1.19. The Kier molecular flexibility index (Phi) is 7.00. The molecule has 0 spiro atoms. The quantitative estimate of drug-likeness (QED) is 0.601. The predicted octanol–water partition coefficient (Wildman–Crippen LogP) is 1.77. The Balaban J connectivity index is 3.75. The van der Waals surface area contributed by atoms with Crippen LogP contribution in [-0.4, -0.2) is 30.2 Å². The lowest BCUT2D eigenvalue weighted by Crippen LogP contribution is -2.33. The molecule has 0 bridgehead atoms. The lowest BCUT2D eigenvalue weighted by atomic mass is 10.2. The van der Waals surface area contributed by atoms with Gasteiger partial charge in [-0.2, -0.15) is 0 Å². The molecule has 0 radical (unpaired) electrons. The molecular formula is C12H21NO5. The van der Waals surface area contributed by atoms with Crippen LogP contribution in [0.25, 0.3) is 0 Å². The van der Waals surface area contributed by atoms with Crippen molar-refractivity contribution in [2.45, 2.75) is 52.6 Å². The van der Waals surface area contributed by atoms with E-state index in [-0.39, 0.29) is 19.4 Å². The summed E-state index contributed by atoms with van der Waals surface area (Å²) in [5, 5.41) is 2.40. The zero-order valence-corrected chi connectivity index (χ0v) is 11.4. The molecule has 0 aromatic rings. The minimum Gasteiger partial charge on any atom is -0.444 e. The summed E-state index contributed by atoms with van der Waals surface area (Å²) in [6, 6.07) is 0. The van der Waals surface area contributed by atoms with Crippen LogP contribution in [0.15, 0.2) is 0 Å². The molecule has 0 aromatic carbocycles. The first-order valence-corrected chi connectivity index (χ1v) is 5.95. The average molecular weight is 259 g/mol. The molecule has 18 heavy (non-hydrogen) atoms. The number of nitrogens with one attached hydrogen (secondary N) is 1.